The summed E-state index contributed by atoms with van der Waals surface area (Å²) in [6, 6.07) is 2.22. The summed E-state index contributed by atoms with van der Waals surface area (Å²) >= 11 is 8.72. The molecule has 0 saturated carbocycles. The van der Waals surface area contributed by atoms with E-state index in [-0.39, 0.29) is 6.04 Å². The van der Waals surface area contributed by atoms with Gasteiger partial charge in [-0.2, -0.15) is 0 Å². The highest BCUT2D eigenvalue weighted by atomic mass is 79.9. The molecule has 1 unspecified atom stereocenters. The lowest BCUT2D eigenvalue weighted by molar-refractivity contribution is 0.652. The van der Waals surface area contributed by atoms with E-state index in [9.17, 15) is 0 Å². The van der Waals surface area contributed by atoms with E-state index in [1.54, 1.807) is 11.3 Å². The van der Waals surface area contributed by atoms with Gasteiger partial charge in [0.15, 0.2) is 0 Å². The second-order valence-corrected chi connectivity index (χ2v) is 7.03. The molecule has 82 valence electrons. The molecule has 1 aliphatic carbocycles. The van der Waals surface area contributed by atoms with Gasteiger partial charge in [-0.05, 0) is 63.6 Å². The lowest BCUT2D eigenvalue weighted by Crippen LogP contribution is -2.13. The number of allylic oxidation sites excluding steroid dienone is 1. The van der Waals surface area contributed by atoms with E-state index in [0.717, 1.165) is 14.7 Å². The van der Waals surface area contributed by atoms with E-state index in [1.165, 1.54) is 29.7 Å². The third-order valence-electron chi connectivity index (χ3n) is 2.70. The normalized spacial score (nSPS) is 18.7. The van der Waals surface area contributed by atoms with Crippen molar-refractivity contribution in [3.05, 3.63) is 30.9 Å². The summed E-state index contributed by atoms with van der Waals surface area (Å²) in [4.78, 5) is 1.24. The van der Waals surface area contributed by atoms with Gasteiger partial charge in [-0.1, -0.05) is 11.6 Å². The van der Waals surface area contributed by atoms with Crippen LogP contribution in [0.3, 0.4) is 0 Å². The van der Waals surface area contributed by atoms with Gasteiger partial charge < -0.3 is 5.73 Å². The Morgan fingerprint density at radius 3 is 2.67 bits per heavy atom. The summed E-state index contributed by atoms with van der Waals surface area (Å²) in [5, 5.41) is 0. The van der Waals surface area contributed by atoms with Crippen LogP contribution in [0.4, 0.5) is 0 Å². The fraction of sp³-hybridized carbons (Fsp3) is 0.455. The van der Waals surface area contributed by atoms with Gasteiger partial charge in [0, 0.05) is 9.35 Å². The first-order valence-electron chi connectivity index (χ1n) is 5.07. The highest BCUT2D eigenvalue weighted by Gasteiger charge is 2.17. The number of hydrogen-bond donors (Lipinski definition) is 1. The molecule has 1 aliphatic rings. The molecule has 4 heteroatoms. The number of rotatable bonds is 2. The standard InChI is InChI=1S/C11H13Br2NS/c12-8-6-9(15-11(8)13)10(14)7-4-2-1-3-5-7/h4,6,10H,1-3,5,14H2. The van der Waals surface area contributed by atoms with Crippen LogP contribution in [0.15, 0.2) is 26.0 Å². The van der Waals surface area contributed by atoms with Crippen LogP contribution in [0.2, 0.25) is 0 Å². The van der Waals surface area contributed by atoms with E-state index < -0.39 is 0 Å². The van der Waals surface area contributed by atoms with Crippen LogP contribution in [0, 0.1) is 0 Å². The van der Waals surface area contributed by atoms with Gasteiger partial charge in [-0.15, -0.1) is 11.3 Å². The Morgan fingerprint density at radius 2 is 2.13 bits per heavy atom. The van der Waals surface area contributed by atoms with Crippen molar-refractivity contribution >= 4 is 43.2 Å². The van der Waals surface area contributed by atoms with Crippen molar-refractivity contribution in [2.75, 3.05) is 0 Å². The van der Waals surface area contributed by atoms with Crippen LogP contribution in [-0.4, -0.2) is 0 Å². The van der Waals surface area contributed by atoms with E-state index in [0.29, 0.717) is 0 Å². The zero-order valence-corrected chi connectivity index (χ0v) is 12.3. The molecule has 1 atom stereocenters. The lowest BCUT2D eigenvalue weighted by Gasteiger charge is -2.18. The maximum Gasteiger partial charge on any atom is 0.0843 e. The fourth-order valence-corrected chi connectivity index (χ4v) is 3.98. The number of nitrogens with two attached hydrogens (primary N) is 1. The van der Waals surface area contributed by atoms with Crippen LogP contribution in [0.5, 0.6) is 0 Å². The minimum Gasteiger partial charge on any atom is -0.320 e. The maximum absolute atomic E-state index is 6.25. The highest BCUT2D eigenvalue weighted by molar-refractivity contribution is 9.13. The molecule has 15 heavy (non-hydrogen) atoms. The molecule has 2 N–H and O–H groups in total. The SMILES string of the molecule is NC(C1=CCCCC1)c1cc(Br)c(Br)s1. The predicted octanol–water partition coefficient (Wildman–Crippen LogP) is 4.77. The Kier molecular flexibility index (Phi) is 4.04. The highest BCUT2D eigenvalue weighted by Crippen LogP contribution is 2.38. The Labute approximate surface area is 111 Å². The lowest BCUT2D eigenvalue weighted by atomic mass is 9.94. The van der Waals surface area contributed by atoms with Crippen LogP contribution in [-0.2, 0) is 0 Å². The van der Waals surface area contributed by atoms with Crippen molar-refractivity contribution in [3.63, 3.8) is 0 Å². The van der Waals surface area contributed by atoms with Crippen molar-refractivity contribution in [2.45, 2.75) is 31.7 Å². The minimum absolute atomic E-state index is 0.0953. The second-order valence-electron chi connectivity index (χ2n) is 3.77. The largest absolute Gasteiger partial charge is 0.320 e. The monoisotopic (exact) mass is 349 g/mol. The summed E-state index contributed by atoms with van der Waals surface area (Å²) < 4.78 is 2.23. The van der Waals surface area contributed by atoms with E-state index in [4.69, 9.17) is 5.73 Å². The zero-order chi connectivity index (χ0) is 10.8. The Bertz CT molecular complexity index is 364. The Hall–Kier alpha value is 0.360. The third kappa shape index (κ3) is 2.73. The number of halogens is 2. The first kappa shape index (κ1) is 11.8. The molecular weight excluding hydrogens is 338 g/mol. The van der Waals surface area contributed by atoms with Crippen molar-refractivity contribution < 1.29 is 0 Å². The Balaban J connectivity index is 2.19. The average molecular weight is 351 g/mol. The molecule has 0 fully saturated rings. The predicted molar refractivity (Wildman–Crippen MR) is 73.2 cm³/mol. The maximum atomic E-state index is 6.25. The summed E-state index contributed by atoms with van der Waals surface area (Å²) in [5.74, 6) is 0. The van der Waals surface area contributed by atoms with E-state index >= 15 is 0 Å². The van der Waals surface area contributed by atoms with Crippen molar-refractivity contribution in [1.82, 2.24) is 0 Å². The van der Waals surface area contributed by atoms with Crippen molar-refractivity contribution in [1.29, 1.82) is 0 Å². The molecule has 0 aliphatic heterocycles. The smallest absolute Gasteiger partial charge is 0.0843 e. The summed E-state index contributed by atoms with van der Waals surface area (Å²) in [5.41, 5.74) is 7.66. The molecular formula is C11H13Br2NS. The van der Waals surface area contributed by atoms with E-state index in [2.05, 4.69) is 44.0 Å². The molecule has 0 radical (unpaired) electrons. The topological polar surface area (TPSA) is 26.0 Å². The summed E-state index contributed by atoms with van der Waals surface area (Å²) in [7, 11) is 0. The molecule has 0 saturated heterocycles. The Morgan fingerprint density at radius 1 is 1.33 bits per heavy atom. The van der Waals surface area contributed by atoms with Gasteiger partial charge in [0.05, 0.1) is 9.83 Å². The van der Waals surface area contributed by atoms with Gasteiger partial charge in [0.25, 0.3) is 0 Å². The minimum atomic E-state index is 0.0953. The average Bonchev–Trinajstić information content (AvgIpc) is 2.59. The van der Waals surface area contributed by atoms with Crippen LogP contribution >= 0.6 is 43.2 Å². The summed E-state index contributed by atoms with van der Waals surface area (Å²) in [6.07, 6.45) is 7.27. The third-order valence-corrected chi connectivity index (χ3v) is 6.04. The quantitative estimate of drug-likeness (QED) is 0.763. The molecule has 2 rings (SSSR count). The first-order valence-corrected chi connectivity index (χ1v) is 7.48. The van der Waals surface area contributed by atoms with Gasteiger partial charge in [0.2, 0.25) is 0 Å². The van der Waals surface area contributed by atoms with Crippen LogP contribution < -0.4 is 5.73 Å². The van der Waals surface area contributed by atoms with Gasteiger partial charge in [-0.25, -0.2) is 0 Å². The van der Waals surface area contributed by atoms with Crippen LogP contribution in [0.25, 0.3) is 0 Å². The van der Waals surface area contributed by atoms with Gasteiger partial charge >= 0.3 is 0 Å². The van der Waals surface area contributed by atoms with Gasteiger partial charge in [0.1, 0.15) is 0 Å². The van der Waals surface area contributed by atoms with Crippen molar-refractivity contribution in [3.8, 4) is 0 Å². The molecule has 1 nitrogen and oxygen atoms in total. The zero-order valence-electron chi connectivity index (χ0n) is 8.30. The second kappa shape index (κ2) is 5.13. The van der Waals surface area contributed by atoms with E-state index in [1.807, 2.05) is 0 Å². The molecule has 0 amide bonds. The number of thiophene rings is 1. The van der Waals surface area contributed by atoms with Gasteiger partial charge in [-0.3, -0.25) is 0 Å². The molecule has 1 aromatic rings. The van der Waals surface area contributed by atoms with Crippen LogP contribution in [0.1, 0.15) is 36.6 Å². The molecule has 1 aromatic heterocycles. The molecule has 0 spiro atoms. The summed E-state index contributed by atoms with van der Waals surface area (Å²) in [6.45, 7) is 0. The first-order chi connectivity index (χ1) is 7.18. The number of hydrogen-bond acceptors (Lipinski definition) is 2. The fourth-order valence-electron chi connectivity index (χ4n) is 1.84. The molecule has 1 heterocycles. The van der Waals surface area contributed by atoms with Crippen molar-refractivity contribution in [2.24, 2.45) is 5.73 Å². The molecule has 0 aromatic carbocycles. The molecule has 0 bridgehead atoms.